The Morgan fingerprint density at radius 2 is 1.87 bits per heavy atom. The molecule has 2 aliphatic carbocycles. The Morgan fingerprint density at radius 3 is 2.55 bits per heavy atom. The minimum atomic E-state index is -0.538. The number of carbonyl (C=O) groups excluding carboxylic acids is 2. The van der Waals surface area contributed by atoms with E-state index < -0.39 is 5.60 Å². The maximum absolute atomic E-state index is 13.3. The van der Waals surface area contributed by atoms with Crippen molar-refractivity contribution in [3.63, 3.8) is 0 Å². The van der Waals surface area contributed by atoms with Crippen LogP contribution in [-0.4, -0.2) is 51.2 Å². The summed E-state index contributed by atoms with van der Waals surface area (Å²) in [6.07, 6.45) is 10.3. The molecule has 3 heterocycles. The lowest BCUT2D eigenvalue weighted by Gasteiger charge is -2.37. The van der Waals surface area contributed by atoms with Gasteiger partial charge in [-0.25, -0.2) is 9.78 Å². The molecular formula is C23H33N5O3. The monoisotopic (exact) mass is 427 g/mol. The molecule has 31 heavy (non-hydrogen) atoms. The highest BCUT2D eigenvalue weighted by molar-refractivity contribution is 6.09. The van der Waals surface area contributed by atoms with Gasteiger partial charge in [0, 0.05) is 24.3 Å². The predicted molar refractivity (Wildman–Crippen MR) is 117 cm³/mol. The molecule has 8 nitrogen and oxygen atoms in total. The molecule has 0 bridgehead atoms. The molecular weight excluding hydrogens is 394 g/mol. The van der Waals surface area contributed by atoms with Gasteiger partial charge in [0.2, 0.25) is 11.9 Å². The van der Waals surface area contributed by atoms with E-state index in [0.717, 1.165) is 56.3 Å². The van der Waals surface area contributed by atoms with Gasteiger partial charge in [-0.2, -0.15) is 4.98 Å². The molecule has 1 N–H and O–H groups in total. The maximum atomic E-state index is 13.3. The summed E-state index contributed by atoms with van der Waals surface area (Å²) < 4.78 is 5.61. The molecule has 1 spiro atoms. The van der Waals surface area contributed by atoms with E-state index in [1.165, 1.54) is 12.8 Å². The van der Waals surface area contributed by atoms with Crippen molar-refractivity contribution in [3.05, 3.63) is 11.8 Å². The fraction of sp³-hybridized carbons (Fsp3) is 0.739. The van der Waals surface area contributed by atoms with Gasteiger partial charge in [-0.05, 0) is 65.7 Å². The van der Waals surface area contributed by atoms with Gasteiger partial charge in [-0.1, -0.05) is 12.8 Å². The molecule has 168 valence electrons. The molecule has 0 radical (unpaired) electrons. The van der Waals surface area contributed by atoms with Crippen molar-refractivity contribution < 1.29 is 14.3 Å². The summed E-state index contributed by atoms with van der Waals surface area (Å²) in [5.74, 6) is 1.48. The first-order valence-corrected chi connectivity index (χ1v) is 11.8. The van der Waals surface area contributed by atoms with Gasteiger partial charge in [0.1, 0.15) is 17.6 Å². The lowest BCUT2D eigenvalue weighted by molar-refractivity contribution is -0.120. The normalized spacial score (nSPS) is 25.1. The van der Waals surface area contributed by atoms with Crippen LogP contribution in [0, 0.1) is 0 Å². The Labute approximate surface area is 183 Å². The first-order valence-electron chi connectivity index (χ1n) is 11.8. The predicted octanol–water partition coefficient (Wildman–Crippen LogP) is 3.96. The number of nitrogens with zero attached hydrogens (tertiary/aromatic N) is 4. The van der Waals surface area contributed by atoms with Crippen LogP contribution in [0.5, 0.6) is 0 Å². The first-order chi connectivity index (χ1) is 14.8. The Morgan fingerprint density at radius 1 is 1.16 bits per heavy atom. The van der Waals surface area contributed by atoms with Crippen LogP contribution >= 0.6 is 0 Å². The van der Waals surface area contributed by atoms with E-state index in [1.807, 2.05) is 31.9 Å². The number of ether oxygens (including phenoxy) is 1. The third-order valence-corrected chi connectivity index (χ3v) is 7.01. The molecule has 3 fully saturated rings. The number of amides is 2. The van der Waals surface area contributed by atoms with Crippen LogP contribution in [0.4, 0.5) is 16.6 Å². The summed E-state index contributed by atoms with van der Waals surface area (Å²) in [6, 6.07) is 0.252. The maximum Gasteiger partial charge on any atom is 0.411 e. The van der Waals surface area contributed by atoms with Crippen LogP contribution in [0.1, 0.15) is 84.1 Å². The summed E-state index contributed by atoms with van der Waals surface area (Å²) in [6.45, 7) is 6.28. The lowest BCUT2D eigenvalue weighted by Crippen LogP contribution is -2.49. The summed E-state index contributed by atoms with van der Waals surface area (Å²) in [5, 5.41) is 3.37. The van der Waals surface area contributed by atoms with E-state index >= 15 is 0 Å². The van der Waals surface area contributed by atoms with Crippen molar-refractivity contribution in [2.45, 2.75) is 102 Å². The zero-order valence-electron chi connectivity index (χ0n) is 18.8. The Hall–Kier alpha value is -2.38. The van der Waals surface area contributed by atoms with Gasteiger partial charge in [0.25, 0.3) is 0 Å². The third kappa shape index (κ3) is 3.64. The van der Waals surface area contributed by atoms with Crippen LogP contribution in [0.25, 0.3) is 0 Å². The number of aromatic nitrogens is 2. The van der Waals surface area contributed by atoms with E-state index in [9.17, 15) is 9.59 Å². The lowest BCUT2D eigenvalue weighted by atomic mass is 10.0. The van der Waals surface area contributed by atoms with E-state index in [0.29, 0.717) is 12.5 Å². The van der Waals surface area contributed by atoms with Crippen LogP contribution in [0.15, 0.2) is 6.20 Å². The van der Waals surface area contributed by atoms with Crippen LogP contribution in [0.2, 0.25) is 0 Å². The molecule has 1 saturated heterocycles. The van der Waals surface area contributed by atoms with E-state index in [-0.39, 0.29) is 29.6 Å². The zero-order chi connectivity index (χ0) is 21.8. The molecule has 1 aromatic rings. The molecule has 0 aromatic carbocycles. The molecule has 1 unspecified atom stereocenters. The van der Waals surface area contributed by atoms with Crippen LogP contribution in [-0.2, 0) is 14.9 Å². The number of hydrogen-bond acceptors (Lipinski definition) is 6. The average molecular weight is 428 g/mol. The quantitative estimate of drug-likeness (QED) is 0.786. The van der Waals surface area contributed by atoms with Crippen molar-refractivity contribution in [1.29, 1.82) is 0 Å². The number of nitrogens with one attached hydrogen (secondary N) is 1. The fourth-order valence-corrected chi connectivity index (χ4v) is 5.28. The van der Waals surface area contributed by atoms with Crippen LogP contribution < -0.4 is 10.2 Å². The number of likely N-dealkylation sites (tertiary alicyclic amines) is 1. The van der Waals surface area contributed by atoms with Crippen molar-refractivity contribution in [1.82, 2.24) is 14.9 Å². The van der Waals surface area contributed by atoms with Gasteiger partial charge in [-0.3, -0.25) is 14.6 Å². The number of piperidine rings is 1. The molecule has 1 aromatic heterocycles. The molecule has 2 aliphatic heterocycles. The smallest absolute Gasteiger partial charge is 0.411 e. The van der Waals surface area contributed by atoms with Gasteiger partial charge >= 0.3 is 6.09 Å². The highest BCUT2D eigenvalue weighted by Gasteiger charge is 2.61. The highest BCUT2D eigenvalue weighted by Crippen LogP contribution is 2.57. The zero-order valence-corrected chi connectivity index (χ0v) is 18.8. The van der Waals surface area contributed by atoms with Gasteiger partial charge in [-0.15, -0.1) is 0 Å². The van der Waals surface area contributed by atoms with Crippen molar-refractivity contribution >= 4 is 23.8 Å². The van der Waals surface area contributed by atoms with Gasteiger partial charge in [0.15, 0.2) is 0 Å². The van der Waals surface area contributed by atoms with Gasteiger partial charge in [0.05, 0.1) is 5.41 Å². The SMILES string of the molecule is CC(C)(C)OC(=O)N1CCCCC1Nc1ncc2c(n1)N(C1CCCC1)C(=O)C21CC1. The van der Waals surface area contributed by atoms with Gasteiger partial charge < -0.3 is 10.1 Å². The number of anilines is 2. The van der Waals surface area contributed by atoms with Crippen molar-refractivity contribution in [3.8, 4) is 0 Å². The number of fused-ring (bicyclic) bond motifs is 2. The number of hydrogen-bond donors (Lipinski definition) is 1. The summed E-state index contributed by atoms with van der Waals surface area (Å²) in [4.78, 5) is 39.1. The second-order valence-electron chi connectivity index (χ2n) is 10.5. The van der Waals surface area contributed by atoms with Crippen molar-refractivity contribution in [2.24, 2.45) is 0 Å². The Balaban J connectivity index is 1.39. The van der Waals surface area contributed by atoms with E-state index in [1.54, 1.807) is 4.90 Å². The topological polar surface area (TPSA) is 87.7 Å². The van der Waals surface area contributed by atoms with E-state index in [2.05, 4.69) is 10.3 Å². The van der Waals surface area contributed by atoms with Crippen molar-refractivity contribution in [2.75, 3.05) is 16.8 Å². The minimum Gasteiger partial charge on any atom is -0.444 e. The Kier molecular flexibility index (Phi) is 4.86. The fourth-order valence-electron chi connectivity index (χ4n) is 5.28. The first kappa shape index (κ1) is 20.5. The molecule has 8 heteroatoms. The summed E-state index contributed by atoms with van der Waals surface area (Å²) >= 11 is 0. The molecule has 2 saturated carbocycles. The molecule has 4 aliphatic rings. The second kappa shape index (κ2) is 7.35. The van der Waals surface area contributed by atoms with Crippen LogP contribution in [0.3, 0.4) is 0 Å². The number of rotatable bonds is 3. The average Bonchev–Trinajstić information content (AvgIpc) is 3.27. The number of carbonyl (C=O) groups is 2. The summed E-state index contributed by atoms with van der Waals surface area (Å²) in [5.41, 5.74) is 0.0795. The molecule has 5 rings (SSSR count). The Bertz CT molecular complexity index is 886. The third-order valence-electron chi connectivity index (χ3n) is 7.01. The van der Waals surface area contributed by atoms with E-state index in [4.69, 9.17) is 9.72 Å². The minimum absolute atomic E-state index is 0.214. The highest BCUT2D eigenvalue weighted by atomic mass is 16.6. The summed E-state index contributed by atoms with van der Waals surface area (Å²) in [7, 11) is 0. The second-order valence-corrected chi connectivity index (χ2v) is 10.5. The molecule has 1 atom stereocenters. The largest absolute Gasteiger partial charge is 0.444 e. The standard InChI is InChI=1S/C23H33N5O3/c1-22(2,3)31-21(30)27-13-7-6-10-17(27)25-20-24-14-16-18(26-20)28(15-8-4-5-9-15)19(29)23(16)11-12-23/h14-15,17H,4-13H2,1-3H3,(H,24,25,26). The molecule has 2 amide bonds.